The van der Waals surface area contributed by atoms with Crippen LogP contribution in [0.1, 0.15) is 49.0 Å². The minimum absolute atomic E-state index is 0.00866. The molecule has 0 radical (unpaired) electrons. The minimum atomic E-state index is -0.178. The number of pyridine rings is 1. The average molecular weight is 206 g/mol. The second-order valence-electron chi connectivity index (χ2n) is 4.41. The largest absolute Gasteiger partial charge is 0.326 e. The average Bonchev–Trinajstić information content (AvgIpc) is 2.40. The van der Waals surface area contributed by atoms with Gasteiger partial charge in [0.15, 0.2) is 0 Å². The molecule has 1 heterocycles. The van der Waals surface area contributed by atoms with E-state index in [9.17, 15) is 4.79 Å². The normalized spacial score (nSPS) is 18.0. The van der Waals surface area contributed by atoms with Crippen LogP contribution in [0, 0.1) is 0 Å². The second kappa shape index (κ2) is 4.19. The highest BCUT2D eigenvalue weighted by molar-refractivity contribution is 5.28. The van der Waals surface area contributed by atoms with Crippen molar-refractivity contribution in [2.75, 3.05) is 0 Å². The van der Waals surface area contributed by atoms with Crippen LogP contribution in [0.15, 0.2) is 10.9 Å². The van der Waals surface area contributed by atoms with Gasteiger partial charge in [-0.15, -0.1) is 0 Å². The maximum Gasteiger partial charge on any atom is 0.252 e. The predicted molar refractivity (Wildman–Crippen MR) is 60.9 cm³/mol. The van der Waals surface area contributed by atoms with Gasteiger partial charge >= 0.3 is 0 Å². The van der Waals surface area contributed by atoms with Gasteiger partial charge in [0, 0.05) is 17.3 Å². The fourth-order valence-corrected chi connectivity index (χ4v) is 2.21. The lowest BCUT2D eigenvalue weighted by molar-refractivity contribution is 0.708. The number of rotatable bonds is 1. The smallest absolute Gasteiger partial charge is 0.252 e. The molecule has 0 unspecified atom stereocenters. The van der Waals surface area contributed by atoms with E-state index < -0.39 is 0 Å². The predicted octanol–water partition coefficient (Wildman–Crippen LogP) is 1.66. The Bertz CT molecular complexity index is 407. The van der Waals surface area contributed by atoms with Gasteiger partial charge in [-0.25, -0.2) is 0 Å². The molecule has 1 aliphatic carbocycles. The van der Waals surface area contributed by atoms with E-state index in [0.29, 0.717) is 0 Å². The summed E-state index contributed by atoms with van der Waals surface area (Å²) in [4.78, 5) is 14.7. The first-order valence-electron chi connectivity index (χ1n) is 5.69. The summed E-state index contributed by atoms with van der Waals surface area (Å²) in [6.45, 7) is 1.85. The Morgan fingerprint density at radius 2 is 2.07 bits per heavy atom. The van der Waals surface area contributed by atoms with Crippen LogP contribution in [-0.2, 0) is 12.8 Å². The molecule has 0 spiro atoms. The molecule has 2 rings (SSSR count). The molecule has 1 aromatic heterocycles. The lowest BCUT2D eigenvalue weighted by atomic mass is 10.0. The van der Waals surface area contributed by atoms with Crippen molar-refractivity contribution in [3.05, 3.63) is 33.2 Å². The molecule has 0 aliphatic heterocycles. The maximum atomic E-state index is 11.7. The van der Waals surface area contributed by atoms with Crippen molar-refractivity contribution in [3.63, 3.8) is 0 Å². The summed E-state index contributed by atoms with van der Waals surface area (Å²) in [5, 5.41) is 0. The number of H-pyrrole nitrogens is 1. The minimum Gasteiger partial charge on any atom is -0.326 e. The summed E-state index contributed by atoms with van der Waals surface area (Å²) >= 11 is 0. The summed E-state index contributed by atoms with van der Waals surface area (Å²) in [7, 11) is 0. The van der Waals surface area contributed by atoms with Crippen LogP contribution in [0.5, 0.6) is 0 Å². The van der Waals surface area contributed by atoms with E-state index in [4.69, 9.17) is 5.73 Å². The van der Waals surface area contributed by atoms with Crippen LogP contribution in [0.4, 0.5) is 0 Å². The standard InChI is InChI=1S/C12H18N2O/c1-8(13)10-7-9-5-3-2-4-6-11(9)14-12(10)15/h7-8H,2-6,13H2,1H3,(H,14,15)/t8-/m0/s1. The Labute approximate surface area is 89.7 Å². The highest BCUT2D eigenvalue weighted by Gasteiger charge is 2.13. The Morgan fingerprint density at radius 1 is 1.33 bits per heavy atom. The quantitative estimate of drug-likeness (QED) is 0.686. The van der Waals surface area contributed by atoms with Gasteiger partial charge in [0.2, 0.25) is 0 Å². The van der Waals surface area contributed by atoms with Crippen molar-refractivity contribution in [3.8, 4) is 0 Å². The first-order chi connectivity index (χ1) is 7.18. The molecule has 3 N–H and O–H groups in total. The number of aryl methyl sites for hydroxylation is 2. The maximum absolute atomic E-state index is 11.7. The highest BCUT2D eigenvalue weighted by Crippen LogP contribution is 2.19. The van der Waals surface area contributed by atoms with Gasteiger partial charge in [-0.3, -0.25) is 4.79 Å². The molecule has 3 heteroatoms. The molecule has 0 fully saturated rings. The molecule has 0 amide bonds. The van der Waals surface area contributed by atoms with Gasteiger partial charge in [0.1, 0.15) is 0 Å². The summed E-state index contributed by atoms with van der Waals surface area (Å²) in [5.74, 6) is 0. The van der Waals surface area contributed by atoms with E-state index in [1.807, 2.05) is 13.0 Å². The fourth-order valence-electron chi connectivity index (χ4n) is 2.21. The number of nitrogens with two attached hydrogens (primary N) is 1. The van der Waals surface area contributed by atoms with Gasteiger partial charge in [0.05, 0.1) is 0 Å². The first kappa shape index (κ1) is 10.4. The molecular weight excluding hydrogens is 188 g/mol. The van der Waals surface area contributed by atoms with E-state index >= 15 is 0 Å². The third-order valence-corrected chi connectivity index (χ3v) is 3.11. The van der Waals surface area contributed by atoms with Gasteiger partial charge in [0.25, 0.3) is 5.56 Å². The third kappa shape index (κ3) is 2.12. The zero-order valence-corrected chi connectivity index (χ0v) is 9.18. The van der Waals surface area contributed by atoms with Crippen LogP contribution < -0.4 is 11.3 Å². The number of aromatic nitrogens is 1. The number of hydrogen-bond donors (Lipinski definition) is 2. The molecular formula is C12H18N2O. The monoisotopic (exact) mass is 206 g/mol. The van der Waals surface area contributed by atoms with Crippen LogP contribution in [-0.4, -0.2) is 4.98 Å². The van der Waals surface area contributed by atoms with Crippen molar-refractivity contribution in [1.82, 2.24) is 4.98 Å². The molecule has 82 valence electrons. The zero-order chi connectivity index (χ0) is 10.8. The van der Waals surface area contributed by atoms with E-state index in [1.54, 1.807) is 0 Å². The molecule has 0 bridgehead atoms. The number of fused-ring (bicyclic) bond motifs is 1. The fraction of sp³-hybridized carbons (Fsp3) is 0.583. The lowest BCUT2D eigenvalue weighted by Gasteiger charge is -2.10. The number of nitrogens with one attached hydrogen (secondary N) is 1. The van der Waals surface area contributed by atoms with Crippen molar-refractivity contribution >= 4 is 0 Å². The summed E-state index contributed by atoms with van der Waals surface area (Å²) in [6, 6.07) is 1.83. The van der Waals surface area contributed by atoms with Crippen molar-refractivity contribution < 1.29 is 0 Å². The van der Waals surface area contributed by atoms with Crippen LogP contribution in [0.25, 0.3) is 0 Å². The Kier molecular flexibility index (Phi) is 2.91. The molecule has 3 nitrogen and oxygen atoms in total. The molecule has 0 saturated heterocycles. The summed E-state index contributed by atoms with van der Waals surface area (Å²) in [5.41, 5.74) is 8.89. The van der Waals surface area contributed by atoms with Crippen molar-refractivity contribution in [2.24, 2.45) is 5.73 Å². The van der Waals surface area contributed by atoms with Crippen LogP contribution >= 0.6 is 0 Å². The third-order valence-electron chi connectivity index (χ3n) is 3.11. The van der Waals surface area contributed by atoms with Crippen molar-refractivity contribution in [2.45, 2.75) is 45.1 Å². The lowest BCUT2D eigenvalue weighted by Crippen LogP contribution is -2.22. The number of aromatic amines is 1. The van der Waals surface area contributed by atoms with Gasteiger partial charge in [-0.2, -0.15) is 0 Å². The molecule has 1 aromatic rings. The SMILES string of the molecule is C[C@H](N)c1cc2c([nH]c1=O)CCCCC2. The van der Waals surface area contributed by atoms with Crippen LogP contribution in [0.3, 0.4) is 0 Å². The summed E-state index contributed by atoms with van der Waals surface area (Å²) < 4.78 is 0. The molecule has 15 heavy (non-hydrogen) atoms. The highest BCUT2D eigenvalue weighted by atomic mass is 16.1. The van der Waals surface area contributed by atoms with E-state index in [1.165, 1.54) is 24.8 Å². The Balaban J connectivity index is 2.47. The topological polar surface area (TPSA) is 58.9 Å². The van der Waals surface area contributed by atoms with E-state index in [0.717, 1.165) is 24.1 Å². The van der Waals surface area contributed by atoms with E-state index in [-0.39, 0.29) is 11.6 Å². The number of hydrogen-bond acceptors (Lipinski definition) is 2. The Hall–Kier alpha value is -1.09. The summed E-state index contributed by atoms with van der Waals surface area (Å²) in [6.07, 6.45) is 5.73. The zero-order valence-electron chi connectivity index (χ0n) is 9.18. The van der Waals surface area contributed by atoms with Gasteiger partial charge < -0.3 is 10.7 Å². The van der Waals surface area contributed by atoms with Crippen LogP contribution in [0.2, 0.25) is 0 Å². The van der Waals surface area contributed by atoms with Crippen molar-refractivity contribution in [1.29, 1.82) is 0 Å². The first-order valence-corrected chi connectivity index (χ1v) is 5.69. The second-order valence-corrected chi connectivity index (χ2v) is 4.41. The van der Waals surface area contributed by atoms with Gasteiger partial charge in [-0.1, -0.05) is 6.42 Å². The Morgan fingerprint density at radius 3 is 2.80 bits per heavy atom. The molecule has 0 saturated carbocycles. The molecule has 1 aliphatic rings. The molecule has 1 atom stereocenters. The van der Waals surface area contributed by atoms with E-state index in [2.05, 4.69) is 4.98 Å². The molecule has 0 aromatic carbocycles. The van der Waals surface area contributed by atoms with Gasteiger partial charge in [-0.05, 0) is 44.2 Å².